The molecule has 2 N–H and O–H groups in total. The van der Waals surface area contributed by atoms with Gasteiger partial charge in [-0.1, -0.05) is 44.9 Å². The summed E-state index contributed by atoms with van der Waals surface area (Å²) in [6, 6.07) is 7.88. The highest BCUT2D eigenvalue weighted by atomic mass is 19.1. The third kappa shape index (κ3) is 3.64. The fourth-order valence-electron chi connectivity index (χ4n) is 3.96. The number of benzene rings is 1. The number of nitrogens with two attached hydrogens (primary N) is 1. The van der Waals surface area contributed by atoms with Gasteiger partial charge in [-0.25, -0.2) is 4.39 Å². The van der Waals surface area contributed by atoms with Crippen LogP contribution < -0.4 is 5.73 Å². The zero-order chi connectivity index (χ0) is 15.2. The molecule has 0 aromatic heterocycles. The van der Waals surface area contributed by atoms with Crippen LogP contribution in [0.5, 0.6) is 0 Å². The number of nitrogens with zero attached hydrogens (tertiary/aromatic N) is 1. The molecule has 2 rings (SSSR count). The molecule has 3 heteroatoms. The van der Waals surface area contributed by atoms with Gasteiger partial charge in [0.2, 0.25) is 0 Å². The Kier molecular flexibility index (Phi) is 6.19. The summed E-state index contributed by atoms with van der Waals surface area (Å²) < 4.78 is 14.2. The molecule has 1 aromatic carbocycles. The van der Waals surface area contributed by atoms with Gasteiger partial charge < -0.3 is 5.73 Å². The molecule has 21 heavy (non-hydrogen) atoms. The highest BCUT2D eigenvalue weighted by Crippen LogP contribution is 2.35. The molecular weight excluding hydrogens is 263 g/mol. The maximum Gasteiger partial charge on any atom is 0.127 e. The van der Waals surface area contributed by atoms with Gasteiger partial charge in [0.05, 0.1) is 0 Å². The summed E-state index contributed by atoms with van der Waals surface area (Å²) in [5.41, 5.74) is 6.83. The van der Waals surface area contributed by atoms with Gasteiger partial charge in [0.25, 0.3) is 0 Å². The number of hydrogen-bond donors (Lipinski definition) is 1. The Morgan fingerprint density at radius 3 is 2.57 bits per heavy atom. The lowest BCUT2D eigenvalue weighted by Crippen LogP contribution is -2.46. The van der Waals surface area contributed by atoms with Crippen LogP contribution in [-0.2, 0) is 0 Å². The van der Waals surface area contributed by atoms with Crippen molar-refractivity contribution in [2.24, 2.45) is 11.7 Å². The zero-order valence-electron chi connectivity index (χ0n) is 13.4. The van der Waals surface area contributed by atoms with Gasteiger partial charge in [0.15, 0.2) is 0 Å². The largest absolute Gasteiger partial charge is 0.330 e. The van der Waals surface area contributed by atoms with Gasteiger partial charge in [-0.05, 0) is 44.3 Å². The number of halogens is 1. The van der Waals surface area contributed by atoms with Gasteiger partial charge in [-0.3, -0.25) is 4.90 Å². The Balaban J connectivity index is 2.26. The van der Waals surface area contributed by atoms with Crippen LogP contribution in [0.1, 0.15) is 57.6 Å². The van der Waals surface area contributed by atoms with Crippen molar-refractivity contribution in [1.82, 2.24) is 4.90 Å². The first-order chi connectivity index (χ1) is 10.2. The molecule has 2 nitrogen and oxygen atoms in total. The van der Waals surface area contributed by atoms with Crippen molar-refractivity contribution < 1.29 is 4.39 Å². The summed E-state index contributed by atoms with van der Waals surface area (Å²) in [4.78, 5) is 2.50. The van der Waals surface area contributed by atoms with Crippen LogP contribution in [0.2, 0.25) is 0 Å². The van der Waals surface area contributed by atoms with Gasteiger partial charge >= 0.3 is 0 Å². The van der Waals surface area contributed by atoms with Crippen molar-refractivity contribution >= 4 is 0 Å². The Hall–Kier alpha value is -0.930. The van der Waals surface area contributed by atoms with E-state index in [0.29, 0.717) is 12.0 Å². The second kappa shape index (κ2) is 7.90. The average molecular weight is 292 g/mol. The normalized spacial score (nSPS) is 24.2. The Morgan fingerprint density at radius 2 is 1.95 bits per heavy atom. The number of rotatable bonds is 6. The molecule has 1 aliphatic rings. The van der Waals surface area contributed by atoms with E-state index in [1.165, 1.54) is 25.7 Å². The van der Waals surface area contributed by atoms with Crippen LogP contribution in [0.15, 0.2) is 24.3 Å². The van der Waals surface area contributed by atoms with Crippen LogP contribution in [0.3, 0.4) is 0 Å². The third-order valence-corrected chi connectivity index (χ3v) is 5.01. The lowest BCUT2D eigenvalue weighted by atomic mass is 9.82. The van der Waals surface area contributed by atoms with E-state index in [-0.39, 0.29) is 11.9 Å². The molecule has 118 valence electrons. The van der Waals surface area contributed by atoms with E-state index in [9.17, 15) is 4.39 Å². The Labute approximate surface area is 128 Å². The predicted molar refractivity (Wildman–Crippen MR) is 86.6 cm³/mol. The summed E-state index contributed by atoms with van der Waals surface area (Å²) in [6.07, 6.45) is 5.90. The fourth-order valence-corrected chi connectivity index (χ4v) is 3.96. The van der Waals surface area contributed by atoms with Crippen molar-refractivity contribution in [2.45, 2.75) is 58.0 Å². The smallest absolute Gasteiger partial charge is 0.127 e. The maximum atomic E-state index is 14.2. The van der Waals surface area contributed by atoms with E-state index >= 15 is 0 Å². The van der Waals surface area contributed by atoms with Crippen molar-refractivity contribution in [2.75, 3.05) is 13.1 Å². The molecule has 3 atom stereocenters. The summed E-state index contributed by atoms with van der Waals surface area (Å²) in [7, 11) is 0. The standard InChI is InChI=1S/C18H29FN2/c1-3-17(15-10-6-7-11-16(15)19)21(4-2)18-12-8-5-9-14(18)13-20/h6-7,10-11,14,17-18H,3-5,8-9,12-13,20H2,1-2H3. The van der Waals surface area contributed by atoms with E-state index in [4.69, 9.17) is 5.73 Å². The molecule has 0 radical (unpaired) electrons. The lowest BCUT2D eigenvalue weighted by molar-refractivity contribution is 0.0663. The van der Waals surface area contributed by atoms with Crippen LogP contribution in [0, 0.1) is 11.7 Å². The van der Waals surface area contributed by atoms with Gasteiger partial charge in [-0.2, -0.15) is 0 Å². The minimum absolute atomic E-state index is 0.0806. The lowest BCUT2D eigenvalue weighted by Gasteiger charge is -2.43. The molecule has 0 spiro atoms. The predicted octanol–water partition coefficient (Wildman–Crippen LogP) is 4.12. The molecule has 1 aromatic rings. The minimum Gasteiger partial charge on any atom is -0.330 e. The van der Waals surface area contributed by atoms with Crippen molar-refractivity contribution in [3.05, 3.63) is 35.6 Å². The maximum absolute atomic E-state index is 14.2. The van der Waals surface area contributed by atoms with E-state index in [2.05, 4.69) is 18.7 Å². The molecule has 0 saturated heterocycles. The molecule has 0 bridgehead atoms. The minimum atomic E-state index is -0.0806. The second-order valence-electron chi connectivity index (χ2n) is 6.12. The van der Waals surface area contributed by atoms with Crippen LogP contribution in [0.4, 0.5) is 4.39 Å². The van der Waals surface area contributed by atoms with Gasteiger partial charge in [0.1, 0.15) is 5.82 Å². The van der Waals surface area contributed by atoms with Crippen molar-refractivity contribution in [3.63, 3.8) is 0 Å². The first-order valence-electron chi connectivity index (χ1n) is 8.43. The molecule has 1 fully saturated rings. The van der Waals surface area contributed by atoms with Crippen LogP contribution in [-0.4, -0.2) is 24.0 Å². The fraction of sp³-hybridized carbons (Fsp3) is 0.667. The molecular formula is C18H29FN2. The first-order valence-corrected chi connectivity index (χ1v) is 8.43. The molecule has 1 saturated carbocycles. The molecule has 0 aliphatic heterocycles. The van der Waals surface area contributed by atoms with Crippen LogP contribution in [0.25, 0.3) is 0 Å². The van der Waals surface area contributed by atoms with E-state index in [1.807, 2.05) is 12.1 Å². The molecule has 0 heterocycles. The topological polar surface area (TPSA) is 29.3 Å². The van der Waals surface area contributed by atoms with Gasteiger partial charge in [0, 0.05) is 17.6 Å². The van der Waals surface area contributed by atoms with E-state index < -0.39 is 0 Å². The second-order valence-corrected chi connectivity index (χ2v) is 6.12. The molecule has 3 unspecified atom stereocenters. The average Bonchev–Trinajstić information content (AvgIpc) is 2.53. The summed E-state index contributed by atoms with van der Waals surface area (Å²) in [6.45, 7) is 6.04. The Bertz CT molecular complexity index is 435. The molecule has 0 amide bonds. The highest BCUT2D eigenvalue weighted by molar-refractivity contribution is 5.21. The summed E-state index contributed by atoms with van der Waals surface area (Å²) >= 11 is 0. The highest BCUT2D eigenvalue weighted by Gasteiger charge is 2.33. The zero-order valence-corrected chi connectivity index (χ0v) is 13.4. The summed E-state index contributed by atoms with van der Waals surface area (Å²) in [5, 5.41) is 0. The summed E-state index contributed by atoms with van der Waals surface area (Å²) in [5.74, 6) is 0.474. The van der Waals surface area contributed by atoms with E-state index in [1.54, 1.807) is 12.1 Å². The monoisotopic (exact) mass is 292 g/mol. The van der Waals surface area contributed by atoms with E-state index in [0.717, 1.165) is 25.1 Å². The van der Waals surface area contributed by atoms with Crippen LogP contribution >= 0.6 is 0 Å². The first kappa shape index (κ1) is 16.4. The van der Waals surface area contributed by atoms with Gasteiger partial charge in [-0.15, -0.1) is 0 Å². The Morgan fingerprint density at radius 1 is 1.24 bits per heavy atom. The third-order valence-electron chi connectivity index (χ3n) is 5.01. The quantitative estimate of drug-likeness (QED) is 0.854. The van der Waals surface area contributed by atoms with Crippen molar-refractivity contribution in [1.29, 1.82) is 0 Å². The van der Waals surface area contributed by atoms with Crippen molar-refractivity contribution in [3.8, 4) is 0 Å². The number of hydrogen-bond acceptors (Lipinski definition) is 2. The molecule has 1 aliphatic carbocycles. The SMILES string of the molecule is CCC(c1ccccc1F)N(CC)C1CCCCC1CN.